The van der Waals surface area contributed by atoms with E-state index in [-0.39, 0.29) is 12.3 Å². The van der Waals surface area contributed by atoms with E-state index >= 15 is 0 Å². The maximum absolute atomic E-state index is 12.9. The van der Waals surface area contributed by atoms with Gasteiger partial charge in [-0.15, -0.1) is 11.3 Å². The van der Waals surface area contributed by atoms with Crippen LogP contribution in [0.4, 0.5) is 0 Å². The quantitative estimate of drug-likeness (QED) is 0.776. The van der Waals surface area contributed by atoms with Crippen molar-refractivity contribution in [3.63, 3.8) is 0 Å². The van der Waals surface area contributed by atoms with Crippen molar-refractivity contribution in [2.45, 2.75) is 25.6 Å². The molecule has 3 rings (SSSR count). The summed E-state index contributed by atoms with van der Waals surface area (Å²) in [6, 6.07) is 11.2. The topological polar surface area (TPSA) is 60.9 Å². The lowest BCUT2D eigenvalue weighted by atomic mass is 10.1. The van der Waals surface area contributed by atoms with Crippen molar-refractivity contribution in [1.29, 1.82) is 0 Å². The maximum Gasteiger partial charge on any atom is 0.305 e. The Bertz CT molecular complexity index is 751. The molecule has 0 radical (unpaired) electrons. The highest BCUT2D eigenvalue weighted by atomic mass is 79.9. The van der Waals surface area contributed by atoms with E-state index in [0.29, 0.717) is 26.2 Å². The summed E-state index contributed by atoms with van der Waals surface area (Å²) in [5.74, 6) is -1.05. The number of piperazine rings is 1. The highest BCUT2D eigenvalue weighted by Crippen LogP contribution is 2.22. The van der Waals surface area contributed by atoms with E-state index in [4.69, 9.17) is 0 Å². The maximum atomic E-state index is 12.9. The molecule has 1 aromatic heterocycles. The Hall–Kier alpha value is -1.70. The zero-order valence-corrected chi connectivity index (χ0v) is 16.0. The van der Waals surface area contributed by atoms with Crippen LogP contribution in [-0.4, -0.2) is 45.9 Å². The Balaban J connectivity index is 1.74. The van der Waals surface area contributed by atoms with Crippen LogP contribution in [0.2, 0.25) is 0 Å². The number of thiophene rings is 1. The first-order valence-electron chi connectivity index (χ1n) is 8.04. The third kappa shape index (κ3) is 4.68. The standard InChI is InChI=1S/C18H19BrN2O3S/c19-14-4-1-3-13(9-14)11-21-7-6-20(12-15-5-2-8-25-15)16(18(21)24)10-17(22)23/h1-5,8-9,16H,6-7,10-12H2,(H,22,23). The Kier molecular flexibility index (Phi) is 5.88. The summed E-state index contributed by atoms with van der Waals surface area (Å²) in [5.41, 5.74) is 1.03. The van der Waals surface area contributed by atoms with Crippen LogP contribution in [-0.2, 0) is 22.7 Å². The molecule has 1 aliphatic heterocycles. The van der Waals surface area contributed by atoms with Crippen LogP contribution in [0.3, 0.4) is 0 Å². The number of amides is 1. The number of hydrogen-bond acceptors (Lipinski definition) is 4. The summed E-state index contributed by atoms with van der Waals surface area (Å²) in [5, 5.41) is 11.2. The lowest BCUT2D eigenvalue weighted by molar-refractivity contribution is -0.150. The van der Waals surface area contributed by atoms with E-state index in [1.165, 1.54) is 0 Å². The van der Waals surface area contributed by atoms with Gasteiger partial charge in [0.1, 0.15) is 6.04 Å². The highest BCUT2D eigenvalue weighted by molar-refractivity contribution is 9.10. The van der Waals surface area contributed by atoms with Gasteiger partial charge < -0.3 is 10.0 Å². The van der Waals surface area contributed by atoms with Crippen molar-refractivity contribution in [3.8, 4) is 0 Å². The first-order valence-corrected chi connectivity index (χ1v) is 9.71. The molecule has 0 saturated carbocycles. The van der Waals surface area contributed by atoms with Gasteiger partial charge in [0.05, 0.1) is 6.42 Å². The molecule has 1 unspecified atom stereocenters. The van der Waals surface area contributed by atoms with E-state index in [1.54, 1.807) is 16.2 Å². The largest absolute Gasteiger partial charge is 0.481 e. The van der Waals surface area contributed by atoms with E-state index in [1.807, 2.05) is 46.7 Å². The average Bonchev–Trinajstić information content (AvgIpc) is 3.06. The molecular weight excluding hydrogens is 404 g/mol. The molecule has 25 heavy (non-hydrogen) atoms. The molecule has 0 aliphatic carbocycles. The first kappa shape index (κ1) is 18.1. The predicted octanol–water partition coefficient (Wildman–Crippen LogP) is 3.20. The Labute approximate surface area is 159 Å². The third-order valence-electron chi connectivity index (χ3n) is 4.26. The van der Waals surface area contributed by atoms with Crippen molar-refractivity contribution in [2.75, 3.05) is 13.1 Å². The van der Waals surface area contributed by atoms with Crippen LogP contribution in [0.15, 0.2) is 46.3 Å². The van der Waals surface area contributed by atoms with Gasteiger partial charge in [0.25, 0.3) is 0 Å². The number of halogens is 1. The second-order valence-electron chi connectivity index (χ2n) is 6.05. The van der Waals surface area contributed by atoms with Crippen molar-refractivity contribution in [1.82, 2.24) is 9.80 Å². The second kappa shape index (κ2) is 8.12. The zero-order chi connectivity index (χ0) is 17.8. The minimum absolute atomic E-state index is 0.106. The molecule has 2 heterocycles. The molecule has 0 bridgehead atoms. The molecule has 2 aromatic rings. The van der Waals surface area contributed by atoms with Crippen molar-refractivity contribution in [2.24, 2.45) is 0 Å². The van der Waals surface area contributed by atoms with Gasteiger partial charge in [0, 0.05) is 35.5 Å². The number of nitrogens with zero attached hydrogens (tertiary/aromatic N) is 2. The Morgan fingerprint density at radius 1 is 1.24 bits per heavy atom. The number of carboxylic acids is 1. The molecule has 1 amide bonds. The van der Waals surface area contributed by atoms with Gasteiger partial charge in [-0.05, 0) is 29.1 Å². The predicted molar refractivity (Wildman–Crippen MR) is 100 cm³/mol. The number of benzene rings is 1. The van der Waals surface area contributed by atoms with E-state index < -0.39 is 12.0 Å². The number of carbonyl (C=O) groups is 2. The molecule has 1 fully saturated rings. The fraction of sp³-hybridized carbons (Fsp3) is 0.333. The Morgan fingerprint density at radius 3 is 2.76 bits per heavy atom. The summed E-state index contributed by atoms with van der Waals surface area (Å²) >= 11 is 5.07. The van der Waals surface area contributed by atoms with Gasteiger partial charge in [0.15, 0.2) is 0 Å². The number of hydrogen-bond donors (Lipinski definition) is 1. The SMILES string of the molecule is O=C(O)CC1C(=O)N(Cc2cccc(Br)c2)CCN1Cc1cccs1. The minimum Gasteiger partial charge on any atom is -0.481 e. The molecule has 1 aromatic carbocycles. The van der Waals surface area contributed by atoms with Crippen LogP contribution in [0.25, 0.3) is 0 Å². The molecule has 1 N–H and O–H groups in total. The third-order valence-corrected chi connectivity index (χ3v) is 5.62. The zero-order valence-electron chi connectivity index (χ0n) is 13.6. The lowest BCUT2D eigenvalue weighted by Gasteiger charge is -2.40. The normalized spacial score (nSPS) is 18.5. The minimum atomic E-state index is -0.946. The summed E-state index contributed by atoms with van der Waals surface area (Å²) in [6.07, 6.45) is -0.167. The van der Waals surface area contributed by atoms with Gasteiger partial charge in [-0.1, -0.05) is 34.1 Å². The summed E-state index contributed by atoms with van der Waals surface area (Å²) in [7, 11) is 0. The fourth-order valence-corrected chi connectivity index (χ4v) is 4.24. The van der Waals surface area contributed by atoms with Crippen LogP contribution in [0.1, 0.15) is 16.9 Å². The van der Waals surface area contributed by atoms with Gasteiger partial charge in [0.2, 0.25) is 5.91 Å². The van der Waals surface area contributed by atoms with Crippen molar-refractivity contribution >= 4 is 39.1 Å². The molecule has 0 spiro atoms. The van der Waals surface area contributed by atoms with Crippen LogP contribution >= 0.6 is 27.3 Å². The Morgan fingerprint density at radius 2 is 2.08 bits per heavy atom. The van der Waals surface area contributed by atoms with Crippen LogP contribution in [0, 0.1) is 0 Å². The van der Waals surface area contributed by atoms with Crippen molar-refractivity contribution < 1.29 is 14.7 Å². The summed E-state index contributed by atoms with van der Waals surface area (Å²) < 4.78 is 0.968. The molecule has 1 atom stereocenters. The number of carboxylic acid groups (broad SMARTS) is 1. The molecule has 7 heteroatoms. The number of carbonyl (C=O) groups excluding carboxylic acids is 1. The smallest absolute Gasteiger partial charge is 0.305 e. The molecule has 1 aliphatic rings. The molecule has 5 nitrogen and oxygen atoms in total. The highest BCUT2D eigenvalue weighted by Gasteiger charge is 2.36. The van der Waals surface area contributed by atoms with Gasteiger partial charge in [-0.3, -0.25) is 14.5 Å². The lowest BCUT2D eigenvalue weighted by Crippen LogP contribution is -2.56. The van der Waals surface area contributed by atoms with Gasteiger partial charge in [-0.25, -0.2) is 0 Å². The average molecular weight is 423 g/mol. The van der Waals surface area contributed by atoms with Crippen LogP contribution < -0.4 is 0 Å². The molecule has 132 valence electrons. The van der Waals surface area contributed by atoms with Gasteiger partial charge >= 0.3 is 5.97 Å². The molecular formula is C18H19BrN2O3S. The monoisotopic (exact) mass is 422 g/mol. The van der Waals surface area contributed by atoms with E-state index in [0.717, 1.165) is 14.9 Å². The van der Waals surface area contributed by atoms with E-state index in [9.17, 15) is 14.7 Å². The summed E-state index contributed by atoms with van der Waals surface area (Å²) in [4.78, 5) is 29.1. The second-order valence-corrected chi connectivity index (χ2v) is 8.00. The van der Waals surface area contributed by atoms with E-state index in [2.05, 4.69) is 15.9 Å². The number of rotatable bonds is 6. The van der Waals surface area contributed by atoms with Gasteiger partial charge in [-0.2, -0.15) is 0 Å². The fourth-order valence-electron chi connectivity index (χ4n) is 3.07. The van der Waals surface area contributed by atoms with Crippen molar-refractivity contribution in [3.05, 3.63) is 56.7 Å². The summed E-state index contributed by atoms with van der Waals surface area (Å²) in [6.45, 7) is 2.40. The van der Waals surface area contributed by atoms with Crippen LogP contribution in [0.5, 0.6) is 0 Å². The number of aliphatic carboxylic acids is 1. The first-order chi connectivity index (χ1) is 12.0. The molecule has 1 saturated heterocycles.